The van der Waals surface area contributed by atoms with Gasteiger partial charge in [-0.1, -0.05) is 11.6 Å². The molecule has 0 aliphatic carbocycles. The largest absolute Gasteiger partial charge is 0.243 e. The van der Waals surface area contributed by atoms with Crippen LogP contribution in [0.4, 0.5) is 0 Å². The minimum atomic E-state index is -3.67. The normalized spacial score (nSPS) is 18.8. The molecule has 0 saturated carbocycles. The average molecular weight is 354 g/mol. The Morgan fingerprint density at radius 2 is 1.86 bits per heavy atom. The Balaban J connectivity index is 2.01. The molecule has 1 fully saturated rings. The number of halogens is 1. The molecule has 1 aliphatic rings. The molecule has 1 aliphatic heterocycles. The van der Waals surface area contributed by atoms with E-state index in [-0.39, 0.29) is 16.1 Å². The lowest BCUT2D eigenvalue weighted by Crippen LogP contribution is -2.46. The number of aromatic nitrogens is 1. The van der Waals surface area contributed by atoms with Gasteiger partial charge in [0.15, 0.2) is 0 Å². The number of rotatable bonds is 4. The van der Waals surface area contributed by atoms with E-state index in [0.717, 1.165) is 6.26 Å². The van der Waals surface area contributed by atoms with Crippen molar-refractivity contribution in [1.82, 2.24) is 14.0 Å². The second-order valence-corrected chi connectivity index (χ2v) is 8.96. The number of sulfonamides is 2. The molecular formula is C11H16ClN3O4S2. The van der Waals surface area contributed by atoms with Gasteiger partial charge in [0.1, 0.15) is 10.0 Å². The summed E-state index contributed by atoms with van der Waals surface area (Å²) in [5.74, 6) is 0. The Kier molecular flexibility index (Phi) is 4.89. The van der Waals surface area contributed by atoms with Crippen LogP contribution < -0.4 is 4.72 Å². The summed E-state index contributed by atoms with van der Waals surface area (Å²) in [7, 11) is -6.89. The topological polar surface area (TPSA) is 96.4 Å². The molecule has 1 aromatic rings. The Labute approximate surface area is 129 Å². The van der Waals surface area contributed by atoms with Crippen molar-refractivity contribution in [3.63, 3.8) is 0 Å². The molecule has 0 aromatic carbocycles. The summed E-state index contributed by atoms with van der Waals surface area (Å²) in [5, 5.41) is 0.218. The van der Waals surface area contributed by atoms with Gasteiger partial charge in [-0.25, -0.2) is 30.8 Å². The maximum Gasteiger partial charge on any atom is 0.242 e. The molecule has 2 heterocycles. The molecule has 21 heavy (non-hydrogen) atoms. The van der Waals surface area contributed by atoms with Gasteiger partial charge in [-0.05, 0) is 25.0 Å². The van der Waals surface area contributed by atoms with E-state index < -0.39 is 20.0 Å². The smallest absolute Gasteiger partial charge is 0.242 e. The highest BCUT2D eigenvalue weighted by Crippen LogP contribution is 2.17. The van der Waals surface area contributed by atoms with E-state index in [1.54, 1.807) is 0 Å². The zero-order valence-electron chi connectivity index (χ0n) is 11.4. The Morgan fingerprint density at radius 3 is 2.33 bits per heavy atom. The van der Waals surface area contributed by atoms with Crippen LogP contribution in [-0.4, -0.2) is 51.5 Å². The highest BCUT2D eigenvalue weighted by atomic mass is 35.5. The van der Waals surface area contributed by atoms with Crippen molar-refractivity contribution in [1.29, 1.82) is 0 Å². The van der Waals surface area contributed by atoms with Gasteiger partial charge in [-0.2, -0.15) is 0 Å². The summed E-state index contributed by atoms with van der Waals surface area (Å²) in [5.41, 5.74) is 0. The van der Waals surface area contributed by atoms with Crippen LogP contribution in [0.2, 0.25) is 5.15 Å². The van der Waals surface area contributed by atoms with Crippen molar-refractivity contribution >= 4 is 31.6 Å². The zero-order valence-corrected chi connectivity index (χ0v) is 13.7. The lowest BCUT2D eigenvalue weighted by molar-refractivity contribution is 0.310. The molecule has 1 saturated heterocycles. The van der Waals surface area contributed by atoms with Crippen molar-refractivity contribution in [2.75, 3.05) is 19.3 Å². The number of nitrogens with one attached hydrogen (secondary N) is 1. The predicted octanol–water partition coefficient (Wildman–Crippen LogP) is 0.437. The summed E-state index contributed by atoms with van der Waals surface area (Å²) < 4.78 is 51.0. The molecule has 7 nitrogen and oxygen atoms in total. The lowest BCUT2D eigenvalue weighted by atomic mass is 10.1. The first-order valence-corrected chi connectivity index (χ1v) is 9.98. The van der Waals surface area contributed by atoms with E-state index in [1.807, 2.05) is 0 Å². The van der Waals surface area contributed by atoms with Gasteiger partial charge in [0.05, 0.1) is 6.26 Å². The van der Waals surface area contributed by atoms with E-state index in [2.05, 4.69) is 9.71 Å². The van der Waals surface area contributed by atoms with E-state index in [9.17, 15) is 16.8 Å². The van der Waals surface area contributed by atoms with E-state index in [0.29, 0.717) is 25.9 Å². The van der Waals surface area contributed by atoms with Crippen LogP contribution in [0.25, 0.3) is 0 Å². The number of pyridine rings is 1. The maximum atomic E-state index is 12.2. The first-order chi connectivity index (χ1) is 9.68. The summed E-state index contributed by atoms with van der Waals surface area (Å²) in [6, 6.07) is 2.50. The molecule has 0 atom stereocenters. The Hall–Kier alpha value is -0.740. The van der Waals surface area contributed by atoms with Crippen molar-refractivity contribution in [2.24, 2.45) is 0 Å². The summed E-state index contributed by atoms with van der Waals surface area (Å²) in [4.78, 5) is 3.78. The second-order valence-electron chi connectivity index (χ2n) is 4.87. The zero-order chi connectivity index (χ0) is 15.7. The highest BCUT2D eigenvalue weighted by Gasteiger charge is 2.28. The molecule has 0 amide bonds. The molecule has 1 N–H and O–H groups in total. The third kappa shape index (κ3) is 4.36. The van der Waals surface area contributed by atoms with Gasteiger partial charge >= 0.3 is 0 Å². The average Bonchev–Trinajstić information content (AvgIpc) is 2.38. The van der Waals surface area contributed by atoms with Gasteiger partial charge < -0.3 is 0 Å². The molecule has 118 valence electrons. The van der Waals surface area contributed by atoms with Crippen LogP contribution >= 0.6 is 11.6 Å². The fourth-order valence-electron chi connectivity index (χ4n) is 2.11. The van der Waals surface area contributed by atoms with E-state index in [4.69, 9.17) is 11.6 Å². The van der Waals surface area contributed by atoms with Gasteiger partial charge in [0.2, 0.25) is 20.0 Å². The van der Waals surface area contributed by atoms with Crippen LogP contribution in [0.15, 0.2) is 23.2 Å². The standard InChI is InChI=1S/C11H16ClN3O4S2/c1-20(16,17)15-6-4-9(5-7-15)14-21(18,19)10-2-3-11(12)13-8-10/h2-3,8-9,14H,4-7H2,1H3. The summed E-state index contributed by atoms with van der Waals surface area (Å²) in [6.45, 7) is 0.621. The van der Waals surface area contributed by atoms with Gasteiger partial charge in [0, 0.05) is 25.3 Å². The highest BCUT2D eigenvalue weighted by molar-refractivity contribution is 7.89. The van der Waals surface area contributed by atoms with Crippen LogP contribution in [0.1, 0.15) is 12.8 Å². The molecule has 0 unspecified atom stereocenters. The molecule has 2 rings (SSSR count). The van der Waals surface area contributed by atoms with Gasteiger partial charge in [-0.3, -0.25) is 0 Å². The van der Waals surface area contributed by atoms with Crippen LogP contribution in [0.5, 0.6) is 0 Å². The summed E-state index contributed by atoms with van der Waals surface area (Å²) >= 11 is 5.62. The van der Waals surface area contributed by atoms with Crippen molar-refractivity contribution in [3.8, 4) is 0 Å². The molecule has 10 heteroatoms. The third-order valence-electron chi connectivity index (χ3n) is 3.26. The molecular weight excluding hydrogens is 338 g/mol. The van der Waals surface area contributed by atoms with E-state index in [1.165, 1.54) is 22.6 Å². The van der Waals surface area contributed by atoms with E-state index >= 15 is 0 Å². The molecule has 0 bridgehead atoms. The van der Waals surface area contributed by atoms with Crippen LogP contribution in [0, 0.1) is 0 Å². The van der Waals surface area contributed by atoms with Crippen molar-refractivity contribution in [3.05, 3.63) is 23.5 Å². The SMILES string of the molecule is CS(=O)(=O)N1CCC(NS(=O)(=O)c2ccc(Cl)nc2)CC1. The number of hydrogen-bond acceptors (Lipinski definition) is 5. The van der Waals surface area contributed by atoms with Gasteiger partial charge in [0.25, 0.3) is 0 Å². The van der Waals surface area contributed by atoms with Crippen LogP contribution in [0.3, 0.4) is 0 Å². The lowest BCUT2D eigenvalue weighted by Gasteiger charge is -2.30. The predicted molar refractivity (Wildman–Crippen MR) is 79.0 cm³/mol. The first-order valence-electron chi connectivity index (χ1n) is 6.27. The van der Waals surface area contributed by atoms with Crippen LogP contribution in [-0.2, 0) is 20.0 Å². The monoisotopic (exact) mass is 353 g/mol. The number of piperidine rings is 1. The number of hydrogen-bond donors (Lipinski definition) is 1. The molecule has 0 spiro atoms. The van der Waals surface area contributed by atoms with Crippen molar-refractivity contribution in [2.45, 2.75) is 23.8 Å². The molecule has 1 aromatic heterocycles. The number of nitrogens with zero attached hydrogens (tertiary/aromatic N) is 2. The fourth-order valence-corrected chi connectivity index (χ4v) is 4.35. The minimum absolute atomic E-state index is 0.0393. The maximum absolute atomic E-state index is 12.2. The Morgan fingerprint density at radius 1 is 1.24 bits per heavy atom. The van der Waals surface area contributed by atoms with Crippen molar-refractivity contribution < 1.29 is 16.8 Å². The van der Waals surface area contributed by atoms with Gasteiger partial charge in [-0.15, -0.1) is 0 Å². The minimum Gasteiger partial charge on any atom is -0.243 e. The quantitative estimate of drug-likeness (QED) is 0.792. The second kappa shape index (κ2) is 6.17. The molecule has 0 radical (unpaired) electrons. The Bertz CT molecular complexity index is 695. The third-order valence-corrected chi connectivity index (χ3v) is 6.29. The fraction of sp³-hybridized carbons (Fsp3) is 0.545. The summed E-state index contributed by atoms with van der Waals surface area (Å²) in [6.07, 6.45) is 3.22. The first kappa shape index (κ1) is 16.6.